The quantitative estimate of drug-likeness (QED) is 0.681. The summed E-state index contributed by atoms with van der Waals surface area (Å²) < 4.78 is 5.58. The van der Waals surface area contributed by atoms with Gasteiger partial charge < -0.3 is 9.64 Å². The van der Waals surface area contributed by atoms with Gasteiger partial charge in [-0.1, -0.05) is 13.8 Å². The number of ether oxygens (including phenoxy) is 1. The highest BCUT2D eigenvalue weighted by Gasteiger charge is 2.11. The minimum Gasteiger partial charge on any atom is -0.494 e. The number of likely N-dealkylation sites (N-methyl/N-ethyl adjacent to an activating group) is 1. The lowest BCUT2D eigenvalue weighted by Gasteiger charge is -2.27. The summed E-state index contributed by atoms with van der Waals surface area (Å²) in [6.45, 7) is 8.31. The Morgan fingerprint density at radius 2 is 2.29 bits per heavy atom. The van der Waals surface area contributed by atoms with Gasteiger partial charge in [-0.2, -0.15) is 0 Å². The molecule has 14 heavy (non-hydrogen) atoms. The Morgan fingerprint density at radius 3 is 2.86 bits per heavy atom. The minimum absolute atomic E-state index is 0.693. The van der Waals surface area contributed by atoms with Crippen molar-refractivity contribution in [1.29, 1.82) is 0 Å². The van der Waals surface area contributed by atoms with Crippen molar-refractivity contribution >= 4 is 0 Å². The van der Waals surface area contributed by atoms with Gasteiger partial charge >= 0.3 is 0 Å². The van der Waals surface area contributed by atoms with Crippen LogP contribution in [0, 0.1) is 5.92 Å². The maximum atomic E-state index is 5.58. The van der Waals surface area contributed by atoms with Crippen LogP contribution in [-0.4, -0.2) is 50.1 Å². The van der Waals surface area contributed by atoms with Crippen LogP contribution in [0.2, 0.25) is 0 Å². The van der Waals surface area contributed by atoms with Gasteiger partial charge in [0, 0.05) is 26.3 Å². The van der Waals surface area contributed by atoms with Crippen molar-refractivity contribution in [1.82, 2.24) is 9.80 Å². The highest BCUT2D eigenvalue weighted by Crippen LogP contribution is 2.08. The fourth-order valence-electron chi connectivity index (χ4n) is 1.68. The average Bonchev–Trinajstić information content (AvgIpc) is 2.01. The zero-order chi connectivity index (χ0) is 10.6. The maximum absolute atomic E-state index is 5.58. The molecule has 1 saturated heterocycles. The largest absolute Gasteiger partial charge is 0.494 e. The van der Waals surface area contributed by atoms with E-state index in [-0.39, 0.29) is 0 Å². The number of nitrogens with zero attached hydrogens (tertiary/aromatic N) is 2. The summed E-state index contributed by atoms with van der Waals surface area (Å²) in [6.07, 6.45) is 2.12. The molecule has 1 rings (SSSR count). The van der Waals surface area contributed by atoms with E-state index in [0.29, 0.717) is 5.92 Å². The molecule has 0 bridgehead atoms. The molecule has 0 atom stereocenters. The van der Waals surface area contributed by atoms with Crippen LogP contribution in [0.5, 0.6) is 0 Å². The predicted octanol–water partition coefficient (Wildman–Crippen LogP) is 1.38. The van der Waals surface area contributed by atoms with Crippen LogP contribution in [0.25, 0.3) is 0 Å². The SMILES string of the molecule is CC(C)CN(C)/C=C1/CN(C)CCO1. The zero-order valence-corrected chi connectivity index (χ0v) is 9.79. The Hall–Kier alpha value is -0.700. The van der Waals surface area contributed by atoms with Gasteiger partial charge in [-0.15, -0.1) is 0 Å². The van der Waals surface area contributed by atoms with Gasteiger partial charge in [0.05, 0.1) is 6.54 Å². The van der Waals surface area contributed by atoms with Crippen molar-refractivity contribution in [2.24, 2.45) is 5.92 Å². The van der Waals surface area contributed by atoms with Crippen LogP contribution in [-0.2, 0) is 4.74 Å². The molecule has 1 fully saturated rings. The van der Waals surface area contributed by atoms with E-state index in [9.17, 15) is 0 Å². The lowest BCUT2D eigenvalue weighted by Crippen LogP contribution is -2.32. The van der Waals surface area contributed by atoms with Crippen molar-refractivity contribution < 1.29 is 4.74 Å². The average molecular weight is 198 g/mol. The van der Waals surface area contributed by atoms with Crippen LogP contribution < -0.4 is 0 Å². The van der Waals surface area contributed by atoms with E-state index in [1.807, 2.05) is 0 Å². The van der Waals surface area contributed by atoms with Crippen LogP contribution >= 0.6 is 0 Å². The van der Waals surface area contributed by atoms with E-state index >= 15 is 0 Å². The molecule has 0 N–H and O–H groups in total. The molecule has 0 saturated carbocycles. The molecule has 0 unspecified atom stereocenters. The van der Waals surface area contributed by atoms with E-state index < -0.39 is 0 Å². The van der Waals surface area contributed by atoms with Crippen molar-refractivity contribution in [3.05, 3.63) is 12.0 Å². The number of hydrogen-bond donors (Lipinski definition) is 0. The molecule has 1 aliphatic rings. The van der Waals surface area contributed by atoms with Crippen molar-refractivity contribution in [3.8, 4) is 0 Å². The van der Waals surface area contributed by atoms with Crippen LogP contribution in [0.1, 0.15) is 13.8 Å². The van der Waals surface area contributed by atoms with Gasteiger partial charge in [-0.05, 0) is 13.0 Å². The number of rotatable bonds is 3. The molecule has 1 aliphatic heterocycles. The summed E-state index contributed by atoms with van der Waals surface area (Å²) in [5.74, 6) is 1.78. The molecule has 3 nitrogen and oxygen atoms in total. The Balaban J connectivity index is 2.41. The summed E-state index contributed by atoms with van der Waals surface area (Å²) in [7, 11) is 4.23. The molecule has 0 aromatic heterocycles. The molecule has 0 aromatic rings. The lowest BCUT2D eigenvalue weighted by molar-refractivity contribution is 0.105. The monoisotopic (exact) mass is 198 g/mol. The first kappa shape index (κ1) is 11.4. The highest BCUT2D eigenvalue weighted by atomic mass is 16.5. The summed E-state index contributed by atoms with van der Waals surface area (Å²) in [5, 5.41) is 0. The van der Waals surface area contributed by atoms with E-state index in [0.717, 1.165) is 32.0 Å². The third-order valence-corrected chi connectivity index (χ3v) is 2.20. The second-order valence-corrected chi connectivity index (χ2v) is 4.52. The molecule has 3 heteroatoms. The van der Waals surface area contributed by atoms with E-state index in [2.05, 4.69) is 43.9 Å². The van der Waals surface area contributed by atoms with Gasteiger partial charge in [-0.3, -0.25) is 4.90 Å². The van der Waals surface area contributed by atoms with E-state index in [1.165, 1.54) is 0 Å². The molecule has 1 heterocycles. The Kier molecular flexibility index (Phi) is 4.26. The number of morpholine rings is 1. The standard InChI is InChI=1S/C11H22N2O/c1-10(2)7-13(4)9-11-8-12(3)5-6-14-11/h9-10H,5-8H2,1-4H3/b11-9-. The van der Waals surface area contributed by atoms with Gasteiger partial charge in [0.2, 0.25) is 0 Å². The molecule has 0 aliphatic carbocycles. The normalized spacial score (nSPS) is 21.4. The smallest absolute Gasteiger partial charge is 0.126 e. The van der Waals surface area contributed by atoms with Gasteiger partial charge in [0.15, 0.2) is 0 Å². The molecule has 0 amide bonds. The van der Waals surface area contributed by atoms with Crippen molar-refractivity contribution in [2.75, 3.05) is 40.3 Å². The third kappa shape index (κ3) is 4.01. The topological polar surface area (TPSA) is 15.7 Å². The first-order valence-corrected chi connectivity index (χ1v) is 5.30. The first-order valence-electron chi connectivity index (χ1n) is 5.30. The minimum atomic E-state index is 0.693. The lowest BCUT2D eigenvalue weighted by atomic mass is 10.2. The molecule has 0 spiro atoms. The zero-order valence-electron chi connectivity index (χ0n) is 9.79. The third-order valence-electron chi connectivity index (χ3n) is 2.20. The van der Waals surface area contributed by atoms with Gasteiger partial charge in [0.25, 0.3) is 0 Å². The van der Waals surface area contributed by atoms with Crippen LogP contribution in [0.3, 0.4) is 0 Å². The van der Waals surface area contributed by atoms with Crippen LogP contribution in [0.15, 0.2) is 12.0 Å². The summed E-state index contributed by atoms with van der Waals surface area (Å²) in [6, 6.07) is 0. The summed E-state index contributed by atoms with van der Waals surface area (Å²) in [5.41, 5.74) is 0. The fraction of sp³-hybridized carbons (Fsp3) is 0.818. The van der Waals surface area contributed by atoms with Crippen molar-refractivity contribution in [3.63, 3.8) is 0 Å². The second-order valence-electron chi connectivity index (χ2n) is 4.52. The summed E-state index contributed by atoms with van der Waals surface area (Å²) >= 11 is 0. The van der Waals surface area contributed by atoms with Gasteiger partial charge in [-0.25, -0.2) is 0 Å². The second kappa shape index (κ2) is 5.25. The fourth-order valence-corrected chi connectivity index (χ4v) is 1.68. The van der Waals surface area contributed by atoms with E-state index in [1.54, 1.807) is 0 Å². The van der Waals surface area contributed by atoms with Gasteiger partial charge in [0.1, 0.15) is 12.4 Å². The number of hydrogen-bond acceptors (Lipinski definition) is 3. The molecule has 0 aromatic carbocycles. The molecule has 82 valence electrons. The van der Waals surface area contributed by atoms with E-state index in [4.69, 9.17) is 4.74 Å². The van der Waals surface area contributed by atoms with Crippen molar-refractivity contribution in [2.45, 2.75) is 13.8 Å². The Bertz CT molecular complexity index is 201. The molecular weight excluding hydrogens is 176 g/mol. The molecule has 0 radical (unpaired) electrons. The molecular formula is C11H22N2O. The predicted molar refractivity (Wildman–Crippen MR) is 59.0 cm³/mol. The highest BCUT2D eigenvalue weighted by molar-refractivity contribution is 4.97. The summed E-state index contributed by atoms with van der Waals surface area (Å²) in [4.78, 5) is 4.48. The maximum Gasteiger partial charge on any atom is 0.126 e. The first-order chi connectivity index (χ1) is 6.58. The van der Waals surface area contributed by atoms with Crippen LogP contribution in [0.4, 0.5) is 0 Å². The Morgan fingerprint density at radius 1 is 1.57 bits per heavy atom. The Labute approximate surface area is 87.3 Å².